The summed E-state index contributed by atoms with van der Waals surface area (Å²) in [5, 5.41) is 13.3. The molecule has 7 heteroatoms. The van der Waals surface area contributed by atoms with Crippen LogP contribution in [0.2, 0.25) is 0 Å². The summed E-state index contributed by atoms with van der Waals surface area (Å²) >= 11 is 0. The van der Waals surface area contributed by atoms with Gasteiger partial charge in [-0.15, -0.1) is 0 Å². The van der Waals surface area contributed by atoms with Crippen molar-refractivity contribution >= 4 is 17.5 Å². The van der Waals surface area contributed by atoms with Gasteiger partial charge in [-0.2, -0.15) is 0 Å². The van der Waals surface area contributed by atoms with Crippen LogP contribution in [-0.4, -0.2) is 29.0 Å². The topological polar surface area (TPSA) is 94.4 Å². The van der Waals surface area contributed by atoms with Gasteiger partial charge in [0.15, 0.2) is 0 Å². The quantitative estimate of drug-likeness (QED) is 0.470. The zero-order valence-electron chi connectivity index (χ0n) is 10.3. The predicted octanol–water partition coefficient (Wildman–Crippen LogP) is 1.60. The Morgan fingerprint density at radius 2 is 2.33 bits per heavy atom. The first-order chi connectivity index (χ1) is 8.54. The normalized spacial score (nSPS) is 11.7. The monoisotopic (exact) mass is 253 g/mol. The summed E-state index contributed by atoms with van der Waals surface area (Å²) in [6, 6.07) is 2.85. The van der Waals surface area contributed by atoms with Crippen LogP contribution in [0.5, 0.6) is 0 Å². The molecule has 0 radical (unpaired) electrons. The van der Waals surface area contributed by atoms with Gasteiger partial charge in [0.1, 0.15) is 12.0 Å². The van der Waals surface area contributed by atoms with Crippen molar-refractivity contribution in [1.29, 1.82) is 0 Å². The third-order valence-corrected chi connectivity index (χ3v) is 2.24. The van der Waals surface area contributed by atoms with Gasteiger partial charge in [0.25, 0.3) is 5.69 Å². The molecule has 1 rings (SSSR count). The molecule has 1 aromatic heterocycles. The molecular formula is C11H15N3O4. The van der Waals surface area contributed by atoms with Gasteiger partial charge in [-0.25, -0.2) is 4.98 Å². The van der Waals surface area contributed by atoms with Crippen LogP contribution in [0.4, 0.5) is 11.5 Å². The summed E-state index contributed by atoms with van der Waals surface area (Å²) in [6.07, 6.45) is 1.16. The Morgan fingerprint density at radius 1 is 1.61 bits per heavy atom. The third kappa shape index (κ3) is 4.00. The number of nitro groups is 1. The van der Waals surface area contributed by atoms with E-state index < -0.39 is 4.92 Å². The minimum Gasteiger partial charge on any atom is -0.466 e. The smallest absolute Gasteiger partial charge is 0.310 e. The molecule has 0 saturated carbocycles. The van der Waals surface area contributed by atoms with Crippen LogP contribution in [0.1, 0.15) is 13.8 Å². The number of pyridine rings is 1. The van der Waals surface area contributed by atoms with Crippen LogP contribution >= 0.6 is 0 Å². The lowest BCUT2D eigenvalue weighted by Gasteiger charge is -2.11. The molecule has 1 atom stereocenters. The second-order valence-corrected chi connectivity index (χ2v) is 3.69. The minimum absolute atomic E-state index is 0.0704. The summed E-state index contributed by atoms with van der Waals surface area (Å²) in [7, 11) is 0. The number of aromatic nitrogens is 1. The second-order valence-electron chi connectivity index (χ2n) is 3.69. The molecule has 7 nitrogen and oxygen atoms in total. The van der Waals surface area contributed by atoms with Crippen molar-refractivity contribution in [2.24, 2.45) is 5.92 Å². The molecule has 1 N–H and O–H groups in total. The molecule has 0 aliphatic carbocycles. The standard InChI is InChI=1S/C11H15N3O4/c1-3-18-11(15)8(2)6-12-10-5-4-9(7-13-10)14(16)17/h4-5,7-8H,3,6H2,1-2H3,(H,12,13). The molecule has 0 fully saturated rings. The number of carbonyl (C=O) groups excluding carboxylic acids is 1. The van der Waals surface area contributed by atoms with Gasteiger partial charge in [-0.3, -0.25) is 14.9 Å². The van der Waals surface area contributed by atoms with E-state index in [9.17, 15) is 14.9 Å². The summed E-state index contributed by atoms with van der Waals surface area (Å²) < 4.78 is 4.85. The first-order valence-electron chi connectivity index (χ1n) is 5.55. The van der Waals surface area contributed by atoms with E-state index in [1.165, 1.54) is 12.1 Å². The van der Waals surface area contributed by atoms with E-state index in [0.717, 1.165) is 6.20 Å². The lowest BCUT2D eigenvalue weighted by atomic mass is 10.2. The fourth-order valence-corrected chi connectivity index (χ4v) is 1.22. The summed E-state index contributed by atoms with van der Waals surface area (Å²) in [4.78, 5) is 25.1. The Morgan fingerprint density at radius 3 is 2.83 bits per heavy atom. The number of nitrogens with zero attached hydrogens (tertiary/aromatic N) is 2. The number of esters is 1. The molecule has 0 saturated heterocycles. The highest BCUT2D eigenvalue weighted by atomic mass is 16.6. The molecule has 1 heterocycles. The second kappa shape index (κ2) is 6.53. The Kier molecular flexibility index (Phi) is 5.04. The molecule has 18 heavy (non-hydrogen) atoms. The van der Waals surface area contributed by atoms with E-state index in [-0.39, 0.29) is 17.6 Å². The van der Waals surface area contributed by atoms with E-state index in [4.69, 9.17) is 4.74 Å². The van der Waals surface area contributed by atoms with Crippen LogP contribution in [0.3, 0.4) is 0 Å². The van der Waals surface area contributed by atoms with Crippen molar-refractivity contribution in [1.82, 2.24) is 4.98 Å². The predicted molar refractivity (Wildman–Crippen MR) is 65.2 cm³/mol. The zero-order valence-corrected chi connectivity index (χ0v) is 10.3. The van der Waals surface area contributed by atoms with Gasteiger partial charge < -0.3 is 10.1 Å². The zero-order chi connectivity index (χ0) is 13.5. The maximum absolute atomic E-state index is 11.3. The number of ether oxygens (including phenoxy) is 1. The van der Waals surface area contributed by atoms with Crippen molar-refractivity contribution < 1.29 is 14.5 Å². The number of anilines is 1. The van der Waals surface area contributed by atoms with Gasteiger partial charge in [0.2, 0.25) is 0 Å². The number of carbonyl (C=O) groups is 1. The Hall–Kier alpha value is -2.18. The molecule has 0 aliphatic rings. The average Bonchev–Trinajstić information content (AvgIpc) is 2.36. The van der Waals surface area contributed by atoms with Crippen LogP contribution in [-0.2, 0) is 9.53 Å². The largest absolute Gasteiger partial charge is 0.466 e. The molecule has 0 amide bonds. The van der Waals surface area contributed by atoms with Crippen LogP contribution < -0.4 is 5.32 Å². The van der Waals surface area contributed by atoms with Gasteiger partial charge in [-0.05, 0) is 13.0 Å². The van der Waals surface area contributed by atoms with Gasteiger partial charge in [0.05, 0.1) is 17.4 Å². The van der Waals surface area contributed by atoms with E-state index >= 15 is 0 Å². The van der Waals surface area contributed by atoms with Crippen LogP contribution in [0, 0.1) is 16.0 Å². The van der Waals surface area contributed by atoms with E-state index in [2.05, 4.69) is 10.3 Å². The van der Waals surface area contributed by atoms with E-state index in [1.807, 2.05) is 0 Å². The minimum atomic E-state index is -0.516. The van der Waals surface area contributed by atoms with Crippen molar-refractivity contribution in [2.75, 3.05) is 18.5 Å². The molecule has 1 aromatic rings. The fourth-order valence-electron chi connectivity index (χ4n) is 1.22. The van der Waals surface area contributed by atoms with Crippen LogP contribution in [0.15, 0.2) is 18.3 Å². The lowest BCUT2D eigenvalue weighted by Crippen LogP contribution is -2.22. The molecule has 1 unspecified atom stereocenters. The maximum atomic E-state index is 11.3. The number of hydrogen-bond donors (Lipinski definition) is 1. The van der Waals surface area contributed by atoms with Gasteiger partial charge in [-0.1, -0.05) is 6.92 Å². The average molecular weight is 253 g/mol. The molecule has 0 bridgehead atoms. The SMILES string of the molecule is CCOC(=O)C(C)CNc1ccc([N+](=O)[O-])cn1. The Bertz CT molecular complexity index is 419. The highest BCUT2D eigenvalue weighted by Crippen LogP contribution is 2.12. The van der Waals surface area contributed by atoms with Crippen molar-refractivity contribution in [3.8, 4) is 0 Å². The summed E-state index contributed by atoms with van der Waals surface area (Å²) in [6.45, 7) is 4.19. The van der Waals surface area contributed by atoms with Gasteiger partial charge in [0, 0.05) is 12.6 Å². The summed E-state index contributed by atoms with van der Waals surface area (Å²) in [5.41, 5.74) is -0.0704. The van der Waals surface area contributed by atoms with Crippen molar-refractivity contribution in [2.45, 2.75) is 13.8 Å². The molecular weight excluding hydrogens is 238 g/mol. The highest BCUT2D eigenvalue weighted by molar-refractivity contribution is 5.72. The van der Waals surface area contributed by atoms with Crippen molar-refractivity contribution in [3.05, 3.63) is 28.4 Å². The van der Waals surface area contributed by atoms with E-state index in [0.29, 0.717) is 19.0 Å². The van der Waals surface area contributed by atoms with Crippen LogP contribution in [0.25, 0.3) is 0 Å². The number of hydrogen-bond acceptors (Lipinski definition) is 6. The molecule has 0 aromatic carbocycles. The first kappa shape index (κ1) is 13.9. The van der Waals surface area contributed by atoms with E-state index in [1.54, 1.807) is 13.8 Å². The highest BCUT2D eigenvalue weighted by Gasteiger charge is 2.13. The Labute approximate surface area is 104 Å². The third-order valence-electron chi connectivity index (χ3n) is 2.24. The fraction of sp³-hybridized carbons (Fsp3) is 0.455. The number of rotatable bonds is 6. The van der Waals surface area contributed by atoms with Crippen molar-refractivity contribution in [3.63, 3.8) is 0 Å². The maximum Gasteiger partial charge on any atom is 0.310 e. The molecule has 98 valence electrons. The summed E-state index contributed by atoms with van der Waals surface area (Å²) in [5.74, 6) is -0.106. The first-order valence-corrected chi connectivity index (χ1v) is 5.55. The number of nitrogens with one attached hydrogen (secondary N) is 1. The lowest BCUT2D eigenvalue weighted by molar-refractivity contribution is -0.385. The van der Waals surface area contributed by atoms with Gasteiger partial charge >= 0.3 is 5.97 Å². The Balaban J connectivity index is 2.48. The molecule has 0 spiro atoms. The molecule has 0 aliphatic heterocycles.